The molecule has 29 heavy (non-hydrogen) atoms. The molecule has 1 aromatic carbocycles. The van der Waals surface area contributed by atoms with E-state index in [4.69, 9.17) is 28.9 Å². The first-order valence-corrected chi connectivity index (χ1v) is 10.4. The summed E-state index contributed by atoms with van der Waals surface area (Å²) in [5.74, 6) is 0. The molecule has 154 valence electrons. The fraction of sp³-hybridized carbons (Fsp3) is 0.381. The van der Waals surface area contributed by atoms with Gasteiger partial charge < -0.3 is 10.2 Å². The van der Waals surface area contributed by atoms with Crippen LogP contribution in [-0.4, -0.2) is 36.6 Å². The van der Waals surface area contributed by atoms with Gasteiger partial charge in [0.05, 0.1) is 35.2 Å². The smallest absolute Gasteiger partial charge is 0.173 e. The molecule has 0 aliphatic heterocycles. The van der Waals surface area contributed by atoms with Crippen molar-refractivity contribution in [1.29, 1.82) is 0 Å². The van der Waals surface area contributed by atoms with Crippen molar-refractivity contribution in [2.24, 2.45) is 0 Å². The molecule has 0 saturated heterocycles. The summed E-state index contributed by atoms with van der Waals surface area (Å²) in [6, 6.07) is 8.37. The number of benzene rings is 1. The average Bonchev–Trinajstić information content (AvgIpc) is 3.17. The van der Waals surface area contributed by atoms with E-state index in [9.17, 15) is 0 Å². The van der Waals surface area contributed by atoms with E-state index in [2.05, 4.69) is 48.5 Å². The molecule has 0 bridgehead atoms. The molecule has 3 rings (SSSR count). The molecule has 0 amide bonds. The van der Waals surface area contributed by atoms with E-state index in [1.54, 1.807) is 0 Å². The number of nitrogens with zero attached hydrogens (tertiary/aromatic N) is 5. The van der Waals surface area contributed by atoms with Crippen LogP contribution in [0.2, 0.25) is 5.02 Å². The van der Waals surface area contributed by atoms with E-state index in [0.29, 0.717) is 16.7 Å². The molecule has 2 aromatic heterocycles. The fourth-order valence-electron chi connectivity index (χ4n) is 3.19. The molecule has 0 saturated carbocycles. The summed E-state index contributed by atoms with van der Waals surface area (Å²) in [7, 11) is 1.93. The highest BCUT2D eigenvalue weighted by Crippen LogP contribution is 2.22. The van der Waals surface area contributed by atoms with Crippen LogP contribution in [0.5, 0.6) is 0 Å². The first-order valence-electron chi connectivity index (χ1n) is 9.62. The lowest BCUT2D eigenvalue weighted by Crippen LogP contribution is -2.31. The maximum atomic E-state index is 6.29. The van der Waals surface area contributed by atoms with Gasteiger partial charge in [-0.3, -0.25) is 9.36 Å². The second-order valence-corrected chi connectivity index (χ2v) is 7.99. The molecule has 2 heterocycles. The normalized spacial score (nSPS) is 11.0. The molecule has 0 unspecified atom stereocenters. The van der Waals surface area contributed by atoms with Crippen molar-refractivity contribution in [3.63, 3.8) is 0 Å². The summed E-state index contributed by atoms with van der Waals surface area (Å²) in [5.41, 5.74) is 6.23. The molecular formula is C21H27ClN6S. The van der Waals surface area contributed by atoms with Crippen molar-refractivity contribution in [2.75, 3.05) is 12.4 Å². The van der Waals surface area contributed by atoms with Crippen molar-refractivity contribution in [1.82, 2.24) is 24.5 Å². The zero-order valence-electron chi connectivity index (χ0n) is 17.5. The number of aromatic nitrogens is 4. The minimum Gasteiger partial charge on any atom is -0.346 e. The molecule has 0 aliphatic carbocycles. The van der Waals surface area contributed by atoms with Gasteiger partial charge in [0.15, 0.2) is 5.11 Å². The summed E-state index contributed by atoms with van der Waals surface area (Å²) in [5, 5.41) is 13.8. The molecular weight excluding hydrogens is 404 g/mol. The van der Waals surface area contributed by atoms with E-state index < -0.39 is 0 Å². The zero-order chi connectivity index (χ0) is 21.1. The number of hydrogen-bond acceptors (Lipinski definition) is 3. The Morgan fingerprint density at radius 1 is 1.21 bits per heavy atom. The van der Waals surface area contributed by atoms with Gasteiger partial charge in [0.1, 0.15) is 5.69 Å². The molecule has 0 spiro atoms. The summed E-state index contributed by atoms with van der Waals surface area (Å²) in [6.45, 7) is 10.2. The standard InChI is InChI=1S/C21H27ClN6S/c1-6-27-12-18(22)19(25-27)13-26(5)21(29)23-20-15(3)24-28(16(20)4)11-17-10-8-7-9-14(17)2/h7-10,12H,6,11,13H2,1-5H3,(H,23,29). The molecule has 1 N–H and O–H groups in total. The van der Waals surface area contributed by atoms with Gasteiger partial charge in [-0.2, -0.15) is 10.2 Å². The lowest BCUT2D eigenvalue weighted by molar-refractivity contribution is 0.492. The summed E-state index contributed by atoms with van der Waals surface area (Å²) < 4.78 is 3.84. The maximum absolute atomic E-state index is 6.29. The second-order valence-electron chi connectivity index (χ2n) is 7.20. The average molecular weight is 431 g/mol. The lowest BCUT2D eigenvalue weighted by atomic mass is 10.1. The van der Waals surface area contributed by atoms with Crippen LogP contribution < -0.4 is 5.32 Å². The van der Waals surface area contributed by atoms with Crippen LogP contribution in [0.1, 0.15) is 35.1 Å². The van der Waals surface area contributed by atoms with E-state index in [-0.39, 0.29) is 0 Å². The Morgan fingerprint density at radius 2 is 1.93 bits per heavy atom. The molecule has 6 nitrogen and oxygen atoms in total. The van der Waals surface area contributed by atoms with Crippen LogP contribution in [0.25, 0.3) is 0 Å². The largest absolute Gasteiger partial charge is 0.346 e. The van der Waals surface area contributed by atoms with Gasteiger partial charge in [-0.25, -0.2) is 0 Å². The van der Waals surface area contributed by atoms with Crippen LogP contribution in [0, 0.1) is 20.8 Å². The third-order valence-corrected chi connectivity index (χ3v) is 5.77. The molecule has 0 radical (unpaired) electrons. The number of aryl methyl sites for hydroxylation is 3. The van der Waals surface area contributed by atoms with Crippen molar-refractivity contribution in [3.8, 4) is 0 Å². The number of rotatable bonds is 6. The first kappa shape index (κ1) is 21.3. The van der Waals surface area contributed by atoms with Crippen molar-refractivity contribution in [2.45, 2.75) is 47.3 Å². The third kappa shape index (κ3) is 4.79. The number of anilines is 1. The Bertz CT molecular complexity index is 1020. The van der Waals surface area contributed by atoms with Gasteiger partial charge in [0.25, 0.3) is 0 Å². The number of thiocarbonyl (C=S) groups is 1. The molecule has 0 atom stereocenters. The number of halogens is 1. The van der Waals surface area contributed by atoms with Gasteiger partial charge in [0, 0.05) is 19.8 Å². The lowest BCUT2D eigenvalue weighted by Gasteiger charge is -2.20. The Kier molecular flexibility index (Phi) is 6.59. The van der Waals surface area contributed by atoms with E-state index in [1.165, 1.54) is 11.1 Å². The van der Waals surface area contributed by atoms with Crippen LogP contribution >= 0.6 is 23.8 Å². The minimum atomic E-state index is 0.535. The molecule has 8 heteroatoms. The summed E-state index contributed by atoms with van der Waals surface area (Å²) in [4.78, 5) is 1.93. The van der Waals surface area contributed by atoms with Gasteiger partial charge in [-0.15, -0.1) is 0 Å². The number of hydrogen-bond donors (Lipinski definition) is 1. The van der Waals surface area contributed by atoms with Gasteiger partial charge in [-0.05, 0) is 51.0 Å². The highest BCUT2D eigenvalue weighted by atomic mass is 35.5. The maximum Gasteiger partial charge on any atom is 0.173 e. The van der Waals surface area contributed by atoms with Gasteiger partial charge >= 0.3 is 0 Å². The van der Waals surface area contributed by atoms with Crippen molar-refractivity contribution >= 4 is 34.6 Å². The Balaban J connectivity index is 1.72. The fourth-order valence-corrected chi connectivity index (χ4v) is 3.56. The minimum absolute atomic E-state index is 0.535. The molecule has 3 aromatic rings. The Morgan fingerprint density at radius 3 is 2.59 bits per heavy atom. The van der Waals surface area contributed by atoms with E-state index in [1.807, 2.05) is 41.4 Å². The van der Waals surface area contributed by atoms with Gasteiger partial charge in [0.2, 0.25) is 0 Å². The van der Waals surface area contributed by atoms with Crippen LogP contribution in [-0.2, 0) is 19.6 Å². The highest BCUT2D eigenvalue weighted by molar-refractivity contribution is 7.80. The predicted molar refractivity (Wildman–Crippen MR) is 123 cm³/mol. The summed E-state index contributed by atoms with van der Waals surface area (Å²) >= 11 is 11.9. The molecule has 0 fully saturated rings. The topological polar surface area (TPSA) is 50.9 Å². The first-order chi connectivity index (χ1) is 13.8. The predicted octanol–water partition coefficient (Wildman–Crippen LogP) is 4.56. The Labute approximate surface area is 182 Å². The SMILES string of the molecule is CCn1cc(Cl)c(CN(C)C(=S)Nc2c(C)nn(Cc3ccccc3C)c2C)n1. The Hall–Kier alpha value is -2.38. The van der Waals surface area contributed by atoms with Crippen molar-refractivity contribution < 1.29 is 0 Å². The zero-order valence-corrected chi connectivity index (χ0v) is 19.1. The third-order valence-electron chi connectivity index (χ3n) is 5.04. The van der Waals surface area contributed by atoms with Crippen LogP contribution in [0.4, 0.5) is 5.69 Å². The molecule has 0 aliphatic rings. The summed E-state index contributed by atoms with van der Waals surface area (Å²) in [6.07, 6.45) is 1.84. The number of nitrogens with one attached hydrogen (secondary N) is 1. The monoisotopic (exact) mass is 430 g/mol. The van der Waals surface area contributed by atoms with Crippen LogP contribution in [0.15, 0.2) is 30.5 Å². The van der Waals surface area contributed by atoms with E-state index >= 15 is 0 Å². The van der Waals surface area contributed by atoms with E-state index in [0.717, 1.165) is 35.9 Å². The quantitative estimate of drug-likeness (QED) is 0.581. The second kappa shape index (κ2) is 8.97. The van der Waals surface area contributed by atoms with Gasteiger partial charge in [-0.1, -0.05) is 35.9 Å². The van der Waals surface area contributed by atoms with Crippen LogP contribution in [0.3, 0.4) is 0 Å². The van der Waals surface area contributed by atoms with Crippen molar-refractivity contribution in [3.05, 3.63) is 63.7 Å². The highest BCUT2D eigenvalue weighted by Gasteiger charge is 2.17.